The number of nitrogens with two attached hydrogens (primary N) is 1. The number of hydrogen-bond acceptors (Lipinski definition) is 4. The monoisotopic (exact) mass is 308 g/mol. The Morgan fingerprint density at radius 3 is 2.05 bits per heavy atom. The third-order valence-electron chi connectivity index (χ3n) is 3.03. The minimum absolute atomic E-state index is 0. The van der Waals surface area contributed by atoms with E-state index in [1.54, 1.807) is 0 Å². The zero-order valence-electron chi connectivity index (χ0n) is 13.2. The second kappa shape index (κ2) is 14.4. The van der Waals surface area contributed by atoms with Crippen LogP contribution in [0, 0.1) is 0 Å². The smallest absolute Gasteiger partial charge is 0.548 e. The molecule has 0 aliphatic heterocycles. The number of nitrogens with one attached hydrogen (secondary N) is 1. The molecule has 0 radical (unpaired) electrons. The van der Waals surface area contributed by atoms with E-state index in [-0.39, 0.29) is 41.9 Å². The fourth-order valence-corrected chi connectivity index (χ4v) is 1.90. The van der Waals surface area contributed by atoms with Gasteiger partial charge >= 0.3 is 29.6 Å². The van der Waals surface area contributed by atoms with E-state index in [4.69, 9.17) is 5.73 Å². The van der Waals surface area contributed by atoms with Crippen molar-refractivity contribution in [2.45, 2.75) is 70.8 Å². The van der Waals surface area contributed by atoms with Gasteiger partial charge < -0.3 is 21.0 Å². The third kappa shape index (κ3) is 14.1. The number of rotatable bonds is 12. The minimum atomic E-state index is -1.49. The Labute approximate surface area is 148 Å². The summed E-state index contributed by atoms with van der Waals surface area (Å²) in [6.45, 7) is 2.16. The van der Waals surface area contributed by atoms with Gasteiger partial charge in [-0.2, -0.15) is 0 Å². The van der Waals surface area contributed by atoms with Crippen LogP contribution >= 0.6 is 0 Å². The van der Waals surface area contributed by atoms with Crippen LogP contribution in [0.1, 0.15) is 64.7 Å². The van der Waals surface area contributed by atoms with E-state index < -0.39 is 24.3 Å². The second-order valence-corrected chi connectivity index (χ2v) is 4.98. The van der Waals surface area contributed by atoms with Crippen LogP contribution in [0.4, 0.5) is 0 Å². The Morgan fingerprint density at radius 2 is 1.57 bits per heavy atom. The molecule has 0 fully saturated rings. The topological polar surface area (TPSA) is 112 Å². The molecular weight excluding hydrogens is 283 g/mol. The number of carboxylic acids is 1. The molecule has 0 saturated heterocycles. The molecule has 0 unspecified atom stereocenters. The molecule has 0 aliphatic carbocycles. The number of aliphatic carboxylic acids is 1. The summed E-state index contributed by atoms with van der Waals surface area (Å²) in [7, 11) is 0. The van der Waals surface area contributed by atoms with Crippen LogP contribution in [-0.2, 0) is 14.4 Å². The molecule has 3 N–H and O–H groups in total. The Bertz CT molecular complexity index is 324. The van der Waals surface area contributed by atoms with E-state index in [1.807, 2.05) is 0 Å². The van der Waals surface area contributed by atoms with E-state index in [9.17, 15) is 19.5 Å². The van der Waals surface area contributed by atoms with Crippen molar-refractivity contribution in [2.24, 2.45) is 5.73 Å². The first kappa shape index (κ1) is 22.7. The van der Waals surface area contributed by atoms with Gasteiger partial charge in [0.15, 0.2) is 0 Å². The van der Waals surface area contributed by atoms with Crippen molar-refractivity contribution < 1.29 is 49.0 Å². The van der Waals surface area contributed by atoms with Crippen molar-refractivity contribution in [3.05, 3.63) is 0 Å². The summed E-state index contributed by atoms with van der Waals surface area (Å²) in [6.07, 6.45) is 7.39. The Hall–Kier alpha value is -0.590. The molecule has 0 aromatic heterocycles. The molecule has 2 amide bonds. The van der Waals surface area contributed by atoms with Crippen LogP contribution in [-0.4, -0.2) is 23.8 Å². The summed E-state index contributed by atoms with van der Waals surface area (Å²) < 4.78 is 0. The molecule has 0 aromatic rings. The zero-order valence-corrected chi connectivity index (χ0v) is 15.2. The number of amides is 2. The standard InChI is InChI=1S/C14H26N2O4.Na/c1-2-3-4-5-6-7-8-9-13(18)16-11(14(19)20)10-12(15)17;/h11H,2-10H2,1H3,(H2,15,17)(H,16,18)(H,19,20);/q;+1/p-1/t11-;/m0./s1. The number of hydrogen-bond donors (Lipinski definition) is 2. The van der Waals surface area contributed by atoms with Gasteiger partial charge in [0.2, 0.25) is 11.8 Å². The zero-order chi connectivity index (χ0) is 15.4. The van der Waals surface area contributed by atoms with Crippen molar-refractivity contribution in [1.82, 2.24) is 5.32 Å². The average molecular weight is 308 g/mol. The van der Waals surface area contributed by atoms with Crippen LogP contribution in [0.3, 0.4) is 0 Å². The number of carbonyl (C=O) groups excluding carboxylic acids is 3. The Morgan fingerprint density at radius 1 is 1.05 bits per heavy atom. The molecular formula is C14H25N2NaO4. The summed E-state index contributed by atoms with van der Waals surface area (Å²) in [6, 6.07) is -1.33. The molecule has 21 heavy (non-hydrogen) atoms. The summed E-state index contributed by atoms with van der Waals surface area (Å²) in [4.78, 5) is 32.9. The number of unbranched alkanes of at least 4 members (excludes halogenated alkanes) is 6. The molecule has 0 rings (SSSR count). The van der Waals surface area contributed by atoms with Crippen LogP contribution in [0.2, 0.25) is 0 Å². The van der Waals surface area contributed by atoms with Crippen molar-refractivity contribution in [3.8, 4) is 0 Å². The quantitative estimate of drug-likeness (QED) is 0.300. The van der Waals surface area contributed by atoms with Gasteiger partial charge in [-0.05, 0) is 6.42 Å². The summed E-state index contributed by atoms with van der Waals surface area (Å²) >= 11 is 0. The van der Waals surface area contributed by atoms with E-state index in [0.29, 0.717) is 6.42 Å². The first-order valence-electron chi connectivity index (χ1n) is 7.25. The van der Waals surface area contributed by atoms with Crippen LogP contribution < -0.4 is 45.7 Å². The maximum Gasteiger partial charge on any atom is 1.00 e. The van der Waals surface area contributed by atoms with Gasteiger partial charge in [0.05, 0.1) is 18.4 Å². The first-order valence-corrected chi connectivity index (χ1v) is 7.25. The van der Waals surface area contributed by atoms with E-state index >= 15 is 0 Å². The molecule has 0 spiro atoms. The number of carboxylic acid groups (broad SMARTS) is 1. The second-order valence-electron chi connectivity index (χ2n) is 4.98. The predicted molar refractivity (Wildman–Crippen MR) is 73.4 cm³/mol. The predicted octanol–water partition coefficient (Wildman–Crippen LogP) is -2.76. The molecule has 116 valence electrons. The first-order chi connectivity index (χ1) is 9.47. The van der Waals surface area contributed by atoms with Crippen molar-refractivity contribution in [2.75, 3.05) is 0 Å². The van der Waals surface area contributed by atoms with E-state index in [1.165, 1.54) is 25.7 Å². The van der Waals surface area contributed by atoms with Crippen LogP contribution in [0.15, 0.2) is 0 Å². The van der Waals surface area contributed by atoms with Gasteiger partial charge in [-0.25, -0.2) is 0 Å². The fraction of sp³-hybridized carbons (Fsp3) is 0.786. The number of primary amides is 1. The van der Waals surface area contributed by atoms with Gasteiger partial charge in [0, 0.05) is 6.42 Å². The normalized spacial score (nSPS) is 11.3. The maximum absolute atomic E-state index is 11.5. The fourth-order valence-electron chi connectivity index (χ4n) is 1.90. The minimum Gasteiger partial charge on any atom is -0.548 e. The van der Waals surface area contributed by atoms with Crippen LogP contribution in [0.5, 0.6) is 0 Å². The van der Waals surface area contributed by atoms with Crippen LogP contribution in [0.25, 0.3) is 0 Å². The SMILES string of the molecule is CCCCCCCCCC(=O)N[C@@H](CC(N)=O)C(=O)[O-].[Na+]. The van der Waals surface area contributed by atoms with E-state index in [0.717, 1.165) is 12.8 Å². The van der Waals surface area contributed by atoms with E-state index in [2.05, 4.69) is 12.2 Å². The number of carbonyl (C=O) groups is 3. The third-order valence-corrected chi connectivity index (χ3v) is 3.03. The Kier molecular flexibility index (Phi) is 15.5. The molecule has 6 nitrogen and oxygen atoms in total. The molecule has 0 saturated carbocycles. The Balaban J connectivity index is 0. The molecule has 1 atom stereocenters. The molecule has 0 heterocycles. The van der Waals surface area contributed by atoms with Crippen molar-refractivity contribution >= 4 is 17.8 Å². The molecule has 0 aromatic carbocycles. The van der Waals surface area contributed by atoms with Gasteiger partial charge in [-0.15, -0.1) is 0 Å². The maximum atomic E-state index is 11.5. The van der Waals surface area contributed by atoms with Crippen molar-refractivity contribution in [3.63, 3.8) is 0 Å². The average Bonchev–Trinajstić information content (AvgIpc) is 2.36. The summed E-state index contributed by atoms with van der Waals surface area (Å²) in [5.41, 5.74) is 4.91. The van der Waals surface area contributed by atoms with Gasteiger partial charge in [0.25, 0.3) is 0 Å². The van der Waals surface area contributed by atoms with Gasteiger partial charge in [-0.1, -0.05) is 45.4 Å². The van der Waals surface area contributed by atoms with Gasteiger partial charge in [-0.3, -0.25) is 9.59 Å². The van der Waals surface area contributed by atoms with Crippen molar-refractivity contribution in [1.29, 1.82) is 0 Å². The summed E-state index contributed by atoms with van der Waals surface area (Å²) in [5, 5.41) is 13.0. The molecule has 0 bridgehead atoms. The molecule has 7 heteroatoms. The largest absolute Gasteiger partial charge is 1.00 e. The molecule has 0 aliphatic rings. The summed E-state index contributed by atoms with van der Waals surface area (Å²) in [5.74, 6) is -2.65. The van der Waals surface area contributed by atoms with Gasteiger partial charge in [0.1, 0.15) is 0 Å².